The van der Waals surface area contributed by atoms with Gasteiger partial charge in [-0.25, -0.2) is 8.42 Å². The summed E-state index contributed by atoms with van der Waals surface area (Å²) in [4.78, 5) is 12.9. The number of hydrogen-bond acceptors (Lipinski definition) is 3. The lowest BCUT2D eigenvalue weighted by molar-refractivity contribution is -0.114. The summed E-state index contributed by atoms with van der Waals surface area (Å²) in [7, 11) is -4.06. The van der Waals surface area contributed by atoms with Crippen LogP contribution < -0.4 is 9.62 Å². The Balaban J connectivity index is 2.02. The zero-order valence-corrected chi connectivity index (χ0v) is 19.8. The minimum Gasteiger partial charge on any atom is -0.323 e. The molecule has 0 spiro atoms. The van der Waals surface area contributed by atoms with Gasteiger partial charge >= 0.3 is 0 Å². The van der Waals surface area contributed by atoms with Crippen molar-refractivity contribution >= 4 is 62.1 Å². The van der Waals surface area contributed by atoms with Crippen LogP contribution in [0.1, 0.15) is 11.1 Å². The van der Waals surface area contributed by atoms with Crippen LogP contribution in [-0.4, -0.2) is 20.9 Å². The van der Waals surface area contributed by atoms with E-state index in [0.717, 1.165) is 9.87 Å². The molecule has 3 rings (SSSR count). The quantitative estimate of drug-likeness (QED) is 0.447. The molecule has 0 aliphatic heterocycles. The van der Waals surface area contributed by atoms with Crippen molar-refractivity contribution in [2.75, 3.05) is 16.2 Å². The second-order valence-electron chi connectivity index (χ2n) is 6.93. The van der Waals surface area contributed by atoms with Crippen molar-refractivity contribution in [3.63, 3.8) is 0 Å². The summed E-state index contributed by atoms with van der Waals surface area (Å²) in [5, 5.41) is 3.64. The Morgan fingerprint density at radius 1 is 0.903 bits per heavy atom. The molecule has 0 heterocycles. The highest BCUT2D eigenvalue weighted by Crippen LogP contribution is 2.30. The molecule has 3 aromatic carbocycles. The first kappa shape index (κ1) is 23.4. The third-order valence-corrected chi connectivity index (χ3v) is 7.11. The zero-order chi connectivity index (χ0) is 22.8. The van der Waals surface area contributed by atoms with Crippen LogP contribution >= 0.6 is 34.8 Å². The predicted octanol–water partition coefficient (Wildman–Crippen LogP) is 6.10. The largest absolute Gasteiger partial charge is 0.323 e. The average molecular weight is 498 g/mol. The number of nitrogens with zero attached hydrogens (tertiary/aromatic N) is 1. The van der Waals surface area contributed by atoms with Crippen molar-refractivity contribution < 1.29 is 13.2 Å². The van der Waals surface area contributed by atoms with E-state index in [-0.39, 0.29) is 15.6 Å². The molecule has 31 heavy (non-hydrogen) atoms. The van der Waals surface area contributed by atoms with Gasteiger partial charge in [-0.2, -0.15) is 0 Å². The van der Waals surface area contributed by atoms with Crippen LogP contribution in [0.3, 0.4) is 0 Å². The van der Waals surface area contributed by atoms with Crippen LogP contribution in [0.15, 0.2) is 65.6 Å². The van der Waals surface area contributed by atoms with Crippen LogP contribution in [0.2, 0.25) is 15.1 Å². The number of halogens is 3. The molecular formula is C22H19Cl3N2O3S. The molecule has 0 fully saturated rings. The maximum Gasteiger partial charge on any atom is 0.264 e. The van der Waals surface area contributed by atoms with Gasteiger partial charge in [0.2, 0.25) is 5.91 Å². The number of anilines is 2. The summed E-state index contributed by atoms with van der Waals surface area (Å²) >= 11 is 18.2. The first-order valence-electron chi connectivity index (χ1n) is 9.18. The summed E-state index contributed by atoms with van der Waals surface area (Å²) in [6, 6.07) is 15.9. The normalized spacial score (nSPS) is 11.3. The molecule has 0 aromatic heterocycles. The van der Waals surface area contributed by atoms with Crippen molar-refractivity contribution in [2.24, 2.45) is 0 Å². The number of sulfonamides is 1. The fraction of sp³-hybridized carbons (Fsp3) is 0.136. The molecule has 5 nitrogen and oxygen atoms in total. The van der Waals surface area contributed by atoms with Gasteiger partial charge in [0.25, 0.3) is 10.0 Å². The van der Waals surface area contributed by atoms with E-state index in [1.165, 1.54) is 24.3 Å². The molecule has 9 heteroatoms. The number of nitrogens with one attached hydrogen (secondary N) is 1. The molecule has 0 radical (unpaired) electrons. The van der Waals surface area contributed by atoms with E-state index < -0.39 is 22.5 Å². The Hall–Kier alpha value is -2.25. The standard InChI is InChI=1S/C22H19Cl3N2O3S/c1-14-3-8-18(9-4-14)31(29,30)27(21-12-17(24)6-5-15(21)2)13-22(28)26-20-11-16(23)7-10-19(20)25/h3-12H,13H2,1-2H3,(H,26,28). The molecule has 162 valence electrons. The lowest BCUT2D eigenvalue weighted by Crippen LogP contribution is -2.38. The predicted molar refractivity (Wildman–Crippen MR) is 127 cm³/mol. The third kappa shape index (κ3) is 5.52. The second kappa shape index (κ2) is 9.49. The fourth-order valence-corrected chi connectivity index (χ4v) is 4.88. The van der Waals surface area contributed by atoms with Gasteiger partial charge in [0.05, 0.1) is 21.3 Å². The number of carbonyl (C=O) groups excluding carboxylic acids is 1. The van der Waals surface area contributed by atoms with Gasteiger partial charge < -0.3 is 5.32 Å². The highest BCUT2D eigenvalue weighted by atomic mass is 35.5. The summed E-state index contributed by atoms with van der Waals surface area (Å²) in [5.74, 6) is -0.584. The Kier molecular flexibility index (Phi) is 7.17. The minimum atomic E-state index is -4.06. The Labute approximate surface area is 196 Å². The number of amides is 1. The van der Waals surface area contributed by atoms with Gasteiger partial charge in [-0.05, 0) is 61.9 Å². The maximum atomic E-state index is 13.5. The zero-order valence-electron chi connectivity index (χ0n) is 16.7. The SMILES string of the molecule is Cc1ccc(S(=O)(=O)N(CC(=O)Nc2cc(Cl)ccc2Cl)c2cc(Cl)ccc2C)cc1. The van der Waals surface area contributed by atoms with Gasteiger partial charge in [-0.1, -0.05) is 58.6 Å². The maximum absolute atomic E-state index is 13.5. The van der Waals surface area contributed by atoms with Gasteiger partial charge in [-0.3, -0.25) is 9.10 Å². The Morgan fingerprint density at radius 2 is 1.52 bits per heavy atom. The van der Waals surface area contributed by atoms with E-state index in [9.17, 15) is 13.2 Å². The Bertz CT molecular complexity index is 1230. The highest BCUT2D eigenvalue weighted by molar-refractivity contribution is 7.92. The second-order valence-corrected chi connectivity index (χ2v) is 10.1. The van der Waals surface area contributed by atoms with Gasteiger partial charge in [0, 0.05) is 10.0 Å². The van der Waals surface area contributed by atoms with Crippen LogP contribution in [0.5, 0.6) is 0 Å². The lowest BCUT2D eigenvalue weighted by atomic mass is 10.2. The van der Waals surface area contributed by atoms with E-state index in [2.05, 4.69) is 5.32 Å². The molecule has 0 saturated carbocycles. The van der Waals surface area contributed by atoms with E-state index in [1.807, 2.05) is 6.92 Å². The minimum absolute atomic E-state index is 0.0612. The van der Waals surface area contributed by atoms with E-state index in [1.54, 1.807) is 43.3 Å². The van der Waals surface area contributed by atoms with Gasteiger partial charge in [0.15, 0.2) is 0 Å². The van der Waals surface area contributed by atoms with Crippen molar-refractivity contribution in [1.82, 2.24) is 0 Å². The van der Waals surface area contributed by atoms with Gasteiger partial charge in [0.1, 0.15) is 6.54 Å². The van der Waals surface area contributed by atoms with E-state index in [0.29, 0.717) is 21.3 Å². The number of aryl methyl sites for hydroxylation is 2. The number of benzene rings is 3. The van der Waals surface area contributed by atoms with Crippen molar-refractivity contribution in [3.8, 4) is 0 Å². The van der Waals surface area contributed by atoms with Crippen LogP contribution in [0.4, 0.5) is 11.4 Å². The molecule has 1 N–H and O–H groups in total. The van der Waals surface area contributed by atoms with Gasteiger partial charge in [-0.15, -0.1) is 0 Å². The van der Waals surface area contributed by atoms with E-state index in [4.69, 9.17) is 34.8 Å². The van der Waals surface area contributed by atoms with Crippen molar-refractivity contribution in [3.05, 3.63) is 86.9 Å². The summed E-state index contributed by atoms with van der Waals surface area (Å²) in [6.45, 7) is 3.12. The molecule has 0 atom stereocenters. The fourth-order valence-electron chi connectivity index (χ4n) is 2.90. The monoisotopic (exact) mass is 496 g/mol. The van der Waals surface area contributed by atoms with Crippen molar-refractivity contribution in [1.29, 1.82) is 0 Å². The van der Waals surface area contributed by atoms with Crippen LogP contribution in [0.25, 0.3) is 0 Å². The number of rotatable bonds is 6. The molecular weight excluding hydrogens is 479 g/mol. The molecule has 0 bridgehead atoms. The smallest absolute Gasteiger partial charge is 0.264 e. The number of carbonyl (C=O) groups is 1. The molecule has 0 unspecified atom stereocenters. The number of hydrogen-bond donors (Lipinski definition) is 1. The molecule has 0 aliphatic rings. The Morgan fingerprint density at radius 3 is 2.19 bits per heavy atom. The first-order chi connectivity index (χ1) is 14.6. The third-order valence-electron chi connectivity index (χ3n) is 4.54. The summed E-state index contributed by atoms with van der Waals surface area (Å²) < 4.78 is 28.0. The highest BCUT2D eigenvalue weighted by Gasteiger charge is 2.28. The molecule has 3 aromatic rings. The topological polar surface area (TPSA) is 66.5 Å². The molecule has 0 aliphatic carbocycles. The van der Waals surface area contributed by atoms with Crippen LogP contribution in [-0.2, 0) is 14.8 Å². The summed E-state index contributed by atoms with van der Waals surface area (Å²) in [5.41, 5.74) is 2.15. The first-order valence-corrected chi connectivity index (χ1v) is 11.8. The summed E-state index contributed by atoms with van der Waals surface area (Å²) in [6.07, 6.45) is 0. The average Bonchev–Trinajstić information content (AvgIpc) is 2.71. The van der Waals surface area contributed by atoms with Crippen LogP contribution in [0, 0.1) is 13.8 Å². The molecule has 1 amide bonds. The van der Waals surface area contributed by atoms with E-state index >= 15 is 0 Å². The van der Waals surface area contributed by atoms with Crippen molar-refractivity contribution in [2.45, 2.75) is 18.7 Å². The molecule has 0 saturated heterocycles. The lowest BCUT2D eigenvalue weighted by Gasteiger charge is -2.26.